The van der Waals surface area contributed by atoms with Gasteiger partial charge in [-0.1, -0.05) is 53.7 Å². The largest absolute Gasteiger partial charge is 0.462 e. The van der Waals surface area contributed by atoms with Gasteiger partial charge >= 0.3 is 0 Å². The van der Waals surface area contributed by atoms with Crippen LogP contribution < -0.4 is 0 Å². The number of alkyl halides is 3. The second-order valence-electron chi connectivity index (χ2n) is 1.08. The fourth-order valence-electron chi connectivity index (χ4n) is 0.140. The van der Waals surface area contributed by atoms with E-state index < -0.39 is 0 Å². The molecule has 0 amide bonds. The van der Waals surface area contributed by atoms with Gasteiger partial charge in [0.2, 0.25) is 0 Å². The Morgan fingerprint density at radius 3 is 2.00 bits per heavy atom. The summed E-state index contributed by atoms with van der Waals surface area (Å²) in [5, 5.41) is 8.01. The van der Waals surface area contributed by atoms with E-state index in [4.69, 9.17) is 5.11 Å². The van der Waals surface area contributed by atoms with Gasteiger partial charge in [-0.15, -0.1) is 0 Å². The Morgan fingerprint density at radius 1 is 1.38 bits per heavy atom. The zero-order valence-corrected chi connectivity index (χ0v) is 8.55. The van der Waals surface area contributed by atoms with Crippen LogP contribution in [0.15, 0.2) is 0 Å². The zero-order chi connectivity index (χ0) is 6.62. The second kappa shape index (κ2) is 3.76. The van der Waals surface area contributed by atoms with Crippen LogP contribution in [0.5, 0.6) is 0 Å². The van der Waals surface area contributed by atoms with Crippen LogP contribution in [-0.2, 0) is 0 Å². The summed E-state index contributed by atoms with van der Waals surface area (Å²) < 4.78 is -0.345. The minimum absolute atomic E-state index is 0.345. The lowest BCUT2D eigenvalue weighted by Gasteiger charge is -2.03. The molecule has 0 aliphatic rings. The van der Waals surface area contributed by atoms with Crippen LogP contribution in [0.25, 0.3) is 0 Å². The molecule has 0 aromatic rings. The van der Waals surface area contributed by atoms with Gasteiger partial charge < -0.3 is 5.11 Å². The summed E-state index contributed by atoms with van der Waals surface area (Å²) in [4.78, 5) is 0. The molecular formula is C4H3Br3O. The summed E-state index contributed by atoms with van der Waals surface area (Å²) in [6, 6.07) is 0. The lowest BCUT2D eigenvalue weighted by Crippen LogP contribution is -1.94. The van der Waals surface area contributed by atoms with Gasteiger partial charge in [-0.3, -0.25) is 0 Å². The molecule has 0 saturated heterocycles. The maximum Gasteiger partial charge on any atom is 0.145 e. The van der Waals surface area contributed by atoms with Crippen molar-refractivity contribution in [2.75, 3.05) is 0 Å². The van der Waals surface area contributed by atoms with Crippen LogP contribution in [0.2, 0.25) is 0 Å². The average molecular weight is 307 g/mol. The van der Waals surface area contributed by atoms with Gasteiger partial charge in [-0.25, -0.2) is 0 Å². The quantitative estimate of drug-likeness (QED) is 0.539. The molecule has 0 saturated carbocycles. The SMILES string of the molecule is OC#CCC(Br)(Br)Br. The zero-order valence-electron chi connectivity index (χ0n) is 3.79. The predicted molar refractivity (Wildman–Crippen MR) is 43.8 cm³/mol. The molecule has 0 heterocycles. The van der Waals surface area contributed by atoms with Crippen LogP contribution in [0.1, 0.15) is 6.42 Å². The summed E-state index contributed by atoms with van der Waals surface area (Å²) in [5.41, 5.74) is 0. The Morgan fingerprint density at radius 2 is 1.88 bits per heavy atom. The summed E-state index contributed by atoms with van der Waals surface area (Å²) >= 11 is 9.60. The molecule has 0 unspecified atom stereocenters. The first-order valence-electron chi connectivity index (χ1n) is 1.75. The van der Waals surface area contributed by atoms with Gasteiger partial charge in [0.1, 0.15) is 8.25 Å². The van der Waals surface area contributed by atoms with Crippen molar-refractivity contribution in [1.29, 1.82) is 0 Å². The Labute approximate surface area is 73.2 Å². The van der Waals surface area contributed by atoms with Gasteiger partial charge in [0.15, 0.2) is 0 Å². The molecule has 0 aromatic heterocycles. The number of hydrogen-bond acceptors (Lipinski definition) is 1. The maximum absolute atomic E-state index is 8.01. The highest BCUT2D eigenvalue weighted by Crippen LogP contribution is 2.36. The molecule has 0 radical (unpaired) electrons. The van der Waals surface area contributed by atoms with Crippen LogP contribution in [-0.4, -0.2) is 7.25 Å². The number of aliphatic hydroxyl groups is 1. The molecule has 8 heavy (non-hydrogen) atoms. The highest BCUT2D eigenvalue weighted by molar-refractivity contribution is 9.39. The van der Waals surface area contributed by atoms with E-state index in [0.717, 1.165) is 0 Å². The first-order valence-corrected chi connectivity index (χ1v) is 4.13. The van der Waals surface area contributed by atoms with Crippen molar-refractivity contribution in [3.8, 4) is 12.0 Å². The number of aliphatic hydroxyl groups excluding tert-OH is 1. The van der Waals surface area contributed by atoms with E-state index in [9.17, 15) is 0 Å². The van der Waals surface area contributed by atoms with Crippen molar-refractivity contribution in [2.24, 2.45) is 0 Å². The Bertz CT molecular complexity index is 115. The molecule has 0 aromatic carbocycles. The van der Waals surface area contributed by atoms with Crippen LogP contribution in [0.3, 0.4) is 0 Å². The monoisotopic (exact) mass is 304 g/mol. The first-order chi connectivity index (χ1) is 3.56. The molecule has 4 heteroatoms. The van der Waals surface area contributed by atoms with Crippen LogP contribution in [0.4, 0.5) is 0 Å². The fraction of sp³-hybridized carbons (Fsp3) is 0.500. The molecule has 0 rings (SSSR count). The van der Waals surface area contributed by atoms with E-state index in [1.807, 2.05) is 0 Å². The number of rotatable bonds is 0. The minimum Gasteiger partial charge on any atom is -0.462 e. The van der Waals surface area contributed by atoms with Crippen molar-refractivity contribution >= 4 is 47.8 Å². The van der Waals surface area contributed by atoms with Crippen LogP contribution in [0, 0.1) is 12.0 Å². The fourth-order valence-corrected chi connectivity index (χ4v) is 0.560. The molecule has 0 atom stereocenters. The molecule has 0 aliphatic heterocycles. The van der Waals surface area contributed by atoms with Crippen molar-refractivity contribution in [2.45, 2.75) is 8.56 Å². The molecule has 0 fully saturated rings. The maximum atomic E-state index is 8.01. The van der Waals surface area contributed by atoms with E-state index in [2.05, 4.69) is 53.7 Å². The van der Waals surface area contributed by atoms with Crippen molar-refractivity contribution in [3.63, 3.8) is 0 Å². The van der Waals surface area contributed by atoms with Gasteiger partial charge in [0.25, 0.3) is 0 Å². The molecule has 0 aliphatic carbocycles. The Hall–Kier alpha value is 0.800. The normalized spacial score (nSPS) is 9.88. The van der Waals surface area contributed by atoms with Crippen molar-refractivity contribution in [3.05, 3.63) is 0 Å². The van der Waals surface area contributed by atoms with E-state index in [1.165, 1.54) is 0 Å². The van der Waals surface area contributed by atoms with Gasteiger partial charge in [0, 0.05) is 6.42 Å². The molecule has 0 bridgehead atoms. The molecule has 46 valence electrons. The smallest absolute Gasteiger partial charge is 0.145 e. The summed E-state index contributed by atoms with van der Waals surface area (Å²) in [5.74, 6) is 2.45. The van der Waals surface area contributed by atoms with Gasteiger partial charge in [-0.05, 0) is 0 Å². The minimum atomic E-state index is -0.345. The molecule has 0 spiro atoms. The van der Waals surface area contributed by atoms with E-state index in [0.29, 0.717) is 6.42 Å². The third-order valence-electron chi connectivity index (χ3n) is 0.368. The summed E-state index contributed by atoms with van der Waals surface area (Å²) in [7, 11) is 0. The van der Waals surface area contributed by atoms with Gasteiger partial charge in [0.05, 0.1) is 0 Å². The topological polar surface area (TPSA) is 20.2 Å². The standard InChI is InChI=1S/C4H3Br3O/c5-4(6,7)2-1-3-8/h8H,2H2. The molecule has 1 N–H and O–H groups in total. The third-order valence-corrected chi connectivity index (χ3v) is 1.21. The molecule has 1 nitrogen and oxygen atoms in total. The Kier molecular flexibility index (Phi) is 4.13. The molecular weight excluding hydrogens is 304 g/mol. The summed E-state index contributed by atoms with van der Waals surface area (Å²) in [6.45, 7) is 0. The lowest BCUT2D eigenvalue weighted by atomic mass is 10.5. The first kappa shape index (κ1) is 8.80. The predicted octanol–water partition coefficient (Wildman–Crippen LogP) is 2.55. The number of hydrogen-bond donors (Lipinski definition) is 1. The van der Waals surface area contributed by atoms with E-state index in [-0.39, 0.29) is 2.14 Å². The highest BCUT2D eigenvalue weighted by atomic mass is 80.0. The lowest BCUT2D eigenvalue weighted by molar-refractivity contribution is 0.516. The van der Waals surface area contributed by atoms with E-state index in [1.54, 1.807) is 6.11 Å². The van der Waals surface area contributed by atoms with Gasteiger partial charge in [-0.2, -0.15) is 0 Å². The van der Waals surface area contributed by atoms with Crippen LogP contribution >= 0.6 is 47.8 Å². The average Bonchev–Trinajstić information content (AvgIpc) is 1.59. The van der Waals surface area contributed by atoms with Crippen molar-refractivity contribution in [1.82, 2.24) is 0 Å². The second-order valence-corrected chi connectivity index (χ2v) is 8.33. The highest BCUT2D eigenvalue weighted by Gasteiger charge is 2.14. The Balaban J connectivity index is 3.50. The summed E-state index contributed by atoms with van der Waals surface area (Å²) in [6.07, 6.45) is 2.29. The van der Waals surface area contributed by atoms with E-state index >= 15 is 0 Å². The van der Waals surface area contributed by atoms with Crippen molar-refractivity contribution < 1.29 is 5.11 Å². The third kappa shape index (κ3) is 6.80. The number of halogens is 3.